The lowest BCUT2D eigenvalue weighted by Crippen LogP contribution is -2.11. The summed E-state index contributed by atoms with van der Waals surface area (Å²) >= 11 is 1.90. The van der Waals surface area contributed by atoms with Gasteiger partial charge in [0.2, 0.25) is 0 Å². The lowest BCUT2D eigenvalue weighted by molar-refractivity contribution is 0.669. The molecule has 0 N–H and O–H groups in total. The van der Waals surface area contributed by atoms with Gasteiger partial charge < -0.3 is 4.42 Å². The highest BCUT2D eigenvalue weighted by Crippen LogP contribution is 2.53. The van der Waals surface area contributed by atoms with E-state index in [1.807, 2.05) is 23.9 Å². The van der Waals surface area contributed by atoms with Crippen molar-refractivity contribution in [2.45, 2.75) is 15.7 Å². The van der Waals surface area contributed by atoms with Crippen LogP contribution in [-0.2, 0) is 0 Å². The average molecular weight is 541 g/mol. The zero-order valence-electron chi connectivity index (χ0n) is 22.2. The van der Waals surface area contributed by atoms with Crippen LogP contribution in [0.5, 0.6) is 0 Å². The Labute approximate surface area is 242 Å². The molecule has 0 aliphatic carbocycles. The fourth-order valence-electron chi connectivity index (χ4n) is 6.69. The van der Waals surface area contributed by atoms with Crippen LogP contribution in [-0.4, -0.2) is 0 Å². The predicted molar refractivity (Wildman–Crippen MR) is 172 cm³/mol. The molecule has 0 saturated heterocycles. The minimum absolute atomic E-state index is 0.144. The molecule has 0 spiro atoms. The van der Waals surface area contributed by atoms with E-state index in [2.05, 4.69) is 127 Å². The second kappa shape index (κ2) is 8.86. The Morgan fingerprint density at radius 2 is 1.00 bits per heavy atom. The highest BCUT2D eigenvalue weighted by atomic mass is 32.2. The second-order valence-electron chi connectivity index (χ2n) is 10.9. The lowest BCUT2D eigenvalue weighted by atomic mass is 9.80. The summed E-state index contributed by atoms with van der Waals surface area (Å²) < 4.78 is 6.19. The molecule has 7 aromatic carbocycles. The van der Waals surface area contributed by atoms with Crippen LogP contribution in [0.2, 0.25) is 0 Å². The summed E-state index contributed by atoms with van der Waals surface area (Å²) in [5, 5.41) is 7.57. The maximum atomic E-state index is 6.19. The Hall–Kier alpha value is -4.79. The lowest BCUT2D eigenvalue weighted by Gasteiger charge is -2.31. The maximum Gasteiger partial charge on any atom is 0.136 e. The van der Waals surface area contributed by atoms with E-state index in [-0.39, 0.29) is 5.92 Å². The molecule has 192 valence electrons. The van der Waals surface area contributed by atoms with Crippen LogP contribution in [0.25, 0.3) is 54.6 Å². The molecule has 2 heteroatoms. The summed E-state index contributed by atoms with van der Waals surface area (Å²) in [6.45, 7) is 0. The predicted octanol–water partition coefficient (Wildman–Crippen LogP) is 11.2. The molecule has 8 aromatic rings. The van der Waals surface area contributed by atoms with Gasteiger partial charge in [0, 0.05) is 26.5 Å². The van der Waals surface area contributed by atoms with Crippen molar-refractivity contribution in [2.24, 2.45) is 0 Å². The molecule has 0 atom stereocenters. The monoisotopic (exact) mass is 540 g/mol. The number of rotatable bonds is 2. The zero-order valence-corrected chi connectivity index (χ0v) is 23.0. The molecule has 1 aliphatic rings. The van der Waals surface area contributed by atoms with Crippen molar-refractivity contribution in [1.82, 2.24) is 0 Å². The Bertz CT molecular complexity index is 2210. The largest absolute Gasteiger partial charge is 0.456 e. The van der Waals surface area contributed by atoms with Crippen LogP contribution < -0.4 is 0 Å². The molecule has 1 aromatic heterocycles. The van der Waals surface area contributed by atoms with Gasteiger partial charge in [0.15, 0.2) is 0 Å². The van der Waals surface area contributed by atoms with Gasteiger partial charge in [-0.25, -0.2) is 0 Å². The quantitative estimate of drug-likeness (QED) is 0.216. The summed E-state index contributed by atoms with van der Waals surface area (Å²) in [4.78, 5) is 2.69. The first-order valence-corrected chi connectivity index (χ1v) is 14.9. The van der Waals surface area contributed by atoms with Crippen LogP contribution in [0.1, 0.15) is 22.6 Å². The topological polar surface area (TPSA) is 13.1 Å². The molecule has 1 aliphatic heterocycles. The third kappa shape index (κ3) is 3.51. The van der Waals surface area contributed by atoms with Crippen molar-refractivity contribution >= 4 is 55.2 Å². The van der Waals surface area contributed by atoms with E-state index in [0.29, 0.717) is 0 Å². The molecule has 0 unspecified atom stereocenters. The average Bonchev–Trinajstić information content (AvgIpc) is 3.41. The van der Waals surface area contributed by atoms with Crippen molar-refractivity contribution in [3.8, 4) is 11.1 Å². The highest BCUT2D eigenvalue weighted by Gasteiger charge is 2.31. The van der Waals surface area contributed by atoms with Crippen molar-refractivity contribution in [2.75, 3.05) is 0 Å². The molecule has 0 fully saturated rings. The fraction of sp³-hybridized carbons (Fsp3) is 0.0256. The van der Waals surface area contributed by atoms with Gasteiger partial charge in [0.05, 0.1) is 0 Å². The molecular formula is C39H24OS. The SMILES string of the molecule is c1ccc2c3c(ccc2c1)Sc1ccc2ccccc2c1C3c1ccc(-c2ccc3c(c2)oc2ccccc23)cc1. The number of furan rings is 1. The first-order chi connectivity index (χ1) is 20.3. The number of hydrogen-bond donors (Lipinski definition) is 0. The van der Waals surface area contributed by atoms with Crippen molar-refractivity contribution in [1.29, 1.82) is 0 Å². The normalized spacial score (nSPS) is 13.2. The minimum Gasteiger partial charge on any atom is -0.456 e. The molecule has 0 saturated carbocycles. The van der Waals surface area contributed by atoms with Gasteiger partial charge in [-0.2, -0.15) is 0 Å². The first kappa shape index (κ1) is 23.0. The minimum atomic E-state index is 0.144. The van der Waals surface area contributed by atoms with E-state index < -0.39 is 0 Å². The Kier molecular flexibility index (Phi) is 4.96. The van der Waals surface area contributed by atoms with Crippen molar-refractivity contribution < 1.29 is 4.42 Å². The summed E-state index contributed by atoms with van der Waals surface area (Å²) in [6.07, 6.45) is 0. The van der Waals surface area contributed by atoms with Crippen LogP contribution in [0.4, 0.5) is 0 Å². The molecular weight excluding hydrogens is 516 g/mol. The molecule has 0 amide bonds. The van der Waals surface area contributed by atoms with Gasteiger partial charge in [0.1, 0.15) is 11.2 Å². The molecule has 41 heavy (non-hydrogen) atoms. The van der Waals surface area contributed by atoms with Gasteiger partial charge in [0.25, 0.3) is 0 Å². The maximum absolute atomic E-state index is 6.19. The summed E-state index contributed by atoms with van der Waals surface area (Å²) in [5.74, 6) is 0.144. The molecule has 0 bridgehead atoms. The zero-order chi connectivity index (χ0) is 26.9. The van der Waals surface area contributed by atoms with Gasteiger partial charge in [-0.05, 0) is 79.7 Å². The van der Waals surface area contributed by atoms with E-state index in [1.165, 1.54) is 59.2 Å². The molecule has 0 radical (unpaired) electrons. The van der Waals surface area contributed by atoms with Crippen molar-refractivity contribution in [3.05, 3.63) is 156 Å². The summed E-state index contributed by atoms with van der Waals surface area (Å²) in [7, 11) is 0. The van der Waals surface area contributed by atoms with Gasteiger partial charge >= 0.3 is 0 Å². The fourth-order valence-corrected chi connectivity index (χ4v) is 7.88. The second-order valence-corrected chi connectivity index (χ2v) is 11.9. The van der Waals surface area contributed by atoms with Crippen LogP contribution in [0.15, 0.2) is 154 Å². The molecule has 1 nitrogen and oxygen atoms in total. The summed E-state index contributed by atoms with van der Waals surface area (Å²) in [5.41, 5.74) is 8.35. The number of fused-ring (bicyclic) bond motifs is 9. The third-order valence-electron chi connectivity index (χ3n) is 8.61. The number of hydrogen-bond acceptors (Lipinski definition) is 2. The standard InChI is InChI=1S/C39H24OS/c1-3-9-29-25(7-1)18-21-35-38(29)37(39-30-10-4-2-8-26(30)19-22-36(39)41-35)27-15-13-24(14-16-27)28-17-20-32-31-11-5-6-12-33(31)40-34(32)23-28/h1-23,37H. The van der Waals surface area contributed by atoms with Crippen molar-refractivity contribution in [3.63, 3.8) is 0 Å². The third-order valence-corrected chi connectivity index (χ3v) is 9.77. The van der Waals surface area contributed by atoms with Crippen LogP contribution in [0, 0.1) is 0 Å². The van der Waals surface area contributed by atoms with E-state index in [0.717, 1.165) is 21.9 Å². The van der Waals surface area contributed by atoms with Crippen LogP contribution in [0.3, 0.4) is 0 Å². The molecule has 9 rings (SSSR count). The smallest absolute Gasteiger partial charge is 0.136 e. The summed E-state index contributed by atoms with van der Waals surface area (Å²) in [6, 6.07) is 50.8. The number of benzene rings is 7. The Morgan fingerprint density at radius 3 is 1.68 bits per heavy atom. The Balaban J connectivity index is 1.23. The molecule has 2 heterocycles. The number of para-hydroxylation sites is 1. The highest BCUT2D eigenvalue weighted by molar-refractivity contribution is 7.99. The van der Waals surface area contributed by atoms with Gasteiger partial charge in [-0.3, -0.25) is 0 Å². The van der Waals surface area contributed by atoms with E-state index >= 15 is 0 Å². The van der Waals surface area contributed by atoms with E-state index in [9.17, 15) is 0 Å². The van der Waals surface area contributed by atoms with Crippen LogP contribution >= 0.6 is 11.8 Å². The van der Waals surface area contributed by atoms with E-state index in [4.69, 9.17) is 4.42 Å². The Morgan fingerprint density at radius 1 is 0.439 bits per heavy atom. The van der Waals surface area contributed by atoms with E-state index in [1.54, 1.807) is 0 Å². The van der Waals surface area contributed by atoms with Gasteiger partial charge in [-0.15, -0.1) is 0 Å². The van der Waals surface area contributed by atoms with Gasteiger partial charge in [-0.1, -0.05) is 121 Å². The first-order valence-electron chi connectivity index (χ1n) is 14.0.